The summed E-state index contributed by atoms with van der Waals surface area (Å²) in [5.41, 5.74) is 5.50. The number of halogens is 2. The Hall–Kier alpha value is -2.96. The van der Waals surface area contributed by atoms with E-state index in [1.165, 1.54) is 5.56 Å². The van der Waals surface area contributed by atoms with Crippen LogP contribution in [0, 0.1) is 13.8 Å². The van der Waals surface area contributed by atoms with E-state index >= 15 is 0 Å². The Morgan fingerprint density at radius 2 is 1.82 bits per heavy atom. The predicted octanol–water partition coefficient (Wildman–Crippen LogP) is 6.66. The van der Waals surface area contributed by atoms with Crippen LogP contribution in [-0.4, -0.2) is 39.5 Å². The number of aliphatic hydroxyl groups is 1. The van der Waals surface area contributed by atoms with Crippen molar-refractivity contribution < 1.29 is 9.90 Å². The van der Waals surface area contributed by atoms with Crippen molar-refractivity contribution in [3.63, 3.8) is 0 Å². The number of hydrogen-bond donors (Lipinski definition) is 2. The second kappa shape index (κ2) is 11.4. The molecule has 196 valence electrons. The SMILES string of the molecule is Cc1cc(C)cc(C(=O)N2CCC(NCc3ccnc4ccccc34)CC2C(O)c2ccc(Cl)c(Cl)c2)c1. The van der Waals surface area contributed by atoms with Crippen LogP contribution in [0.5, 0.6) is 0 Å². The number of para-hydroxylation sites is 1. The van der Waals surface area contributed by atoms with Crippen LogP contribution < -0.4 is 5.32 Å². The maximum atomic E-state index is 13.7. The van der Waals surface area contributed by atoms with E-state index in [9.17, 15) is 9.90 Å². The minimum Gasteiger partial charge on any atom is -0.386 e. The number of nitrogens with zero attached hydrogens (tertiary/aromatic N) is 2. The third-order valence-electron chi connectivity index (χ3n) is 7.34. The molecule has 1 amide bonds. The lowest BCUT2D eigenvalue weighted by Gasteiger charge is -2.42. The molecule has 3 atom stereocenters. The number of piperidine rings is 1. The quantitative estimate of drug-likeness (QED) is 0.283. The van der Waals surface area contributed by atoms with Gasteiger partial charge in [0.05, 0.1) is 27.7 Å². The monoisotopic (exact) mass is 547 g/mol. The highest BCUT2D eigenvalue weighted by Gasteiger charge is 2.37. The van der Waals surface area contributed by atoms with Gasteiger partial charge in [0.1, 0.15) is 0 Å². The first-order chi connectivity index (χ1) is 18.3. The molecule has 5 rings (SSSR count). The van der Waals surface area contributed by atoms with Crippen LogP contribution in [0.4, 0.5) is 0 Å². The maximum absolute atomic E-state index is 13.7. The normalized spacial score (nSPS) is 18.5. The van der Waals surface area contributed by atoms with Crippen molar-refractivity contribution >= 4 is 40.0 Å². The van der Waals surface area contributed by atoms with Crippen molar-refractivity contribution in [2.24, 2.45) is 0 Å². The van der Waals surface area contributed by atoms with Gasteiger partial charge >= 0.3 is 0 Å². The lowest BCUT2D eigenvalue weighted by molar-refractivity contribution is 0.0144. The van der Waals surface area contributed by atoms with Crippen LogP contribution in [0.1, 0.15) is 51.6 Å². The Kier molecular flexibility index (Phi) is 8.01. The van der Waals surface area contributed by atoms with E-state index in [1.54, 1.807) is 18.2 Å². The number of aliphatic hydroxyl groups excluding tert-OH is 1. The number of hydrogen-bond acceptors (Lipinski definition) is 4. The molecule has 4 aromatic rings. The van der Waals surface area contributed by atoms with E-state index in [0.717, 1.165) is 28.5 Å². The Morgan fingerprint density at radius 3 is 2.58 bits per heavy atom. The van der Waals surface area contributed by atoms with Gasteiger partial charge in [-0.05, 0) is 74.2 Å². The molecule has 1 aromatic heterocycles. The minimum atomic E-state index is -0.911. The number of carbonyl (C=O) groups is 1. The predicted molar refractivity (Wildman–Crippen MR) is 154 cm³/mol. The molecule has 3 unspecified atom stereocenters. The molecule has 1 fully saturated rings. The van der Waals surface area contributed by atoms with Gasteiger partial charge < -0.3 is 15.3 Å². The summed E-state index contributed by atoms with van der Waals surface area (Å²) in [4.78, 5) is 20.0. The van der Waals surface area contributed by atoms with Crippen LogP contribution >= 0.6 is 23.2 Å². The lowest BCUT2D eigenvalue weighted by atomic mass is 9.89. The van der Waals surface area contributed by atoms with E-state index < -0.39 is 12.1 Å². The highest BCUT2D eigenvalue weighted by atomic mass is 35.5. The second-order valence-corrected chi connectivity index (χ2v) is 11.0. The highest BCUT2D eigenvalue weighted by molar-refractivity contribution is 6.42. The van der Waals surface area contributed by atoms with Gasteiger partial charge in [-0.2, -0.15) is 0 Å². The molecule has 2 N–H and O–H groups in total. The summed E-state index contributed by atoms with van der Waals surface area (Å²) in [6, 6.07) is 20.9. The average Bonchev–Trinajstić information content (AvgIpc) is 2.92. The molecule has 1 saturated heterocycles. The number of pyridine rings is 1. The van der Waals surface area contributed by atoms with E-state index in [1.807, 2.05) is 61.3 Å². The fraction of sp³-hybridized carbons (Fsp3) is 0.290. The largest absolute Gasteiger partial charge is 0.386 e. The standard InChI is InChI=1S/C31H31Cl2N3O2/c1-19-13-20(2)15-23(14-19)31(38)36-12-10-24(17-29(36)30(37)21-7-8-26(32)27(33)16-21)35-18-22-9-11-34-28-6-4-3-5-25(22)28/h3-9,11,13-16,24,29-30,35,37H,10,12,17-18H2,1-2H3. The zero-order chi connectivity index (χ0) is 26.8. The Bertz CT molecular complexity index is 1450. The molecule has 0 saturated carbocycles. The molecule has 0 spiro atoms. The number of benzene rings is 3. The minimum absolute atomic E-state index is 0.0699. The molecule has 0 radical (unpaired) electrons. The number of rotatable bonds is 6. The molecule has 1 aliphatic heterocycles. The lowest BCUT2D eigenvalue weighted by Crippen LogP contribution is -2.53. The average molecular weight is 549 g/mol. The molecule has 0 aliphatic carbocycles. The first-order valence-electron chi connectivity index (χ1n) is 12.9. The number of aryl methyl sites for hydroxylation is 2. The molecular weight excluding hydrogens is 517 g/mol. The van der Waals surface area contributed by atoms with Crippen LogP contribution in [0.3, 0.4) is 0 Å². The van der Waals surface area contributed by atoms with Gasteiger partial charge in [-0.25, -0.2) is 0 Å². The highest BCUT2D eigenvalue weighted by Crippen LogP contribution is 2.33. The molecule has 7 heteroatoms. The van der Waals surface area contributed by atoms with Crippen molar-refractivity contribution in [2.75, 3.05) is 6.54 Å². The topological polar surface area (TPSA) is 65.5 Å². The van der Waals surface area contributed by atoms with Gasteiger partial charge in [0.2, 0.25) is 0 Å². The fourth-order valence-corrected chi connectivity index (χ4v) is 5.79. The molecule has 5 nitrogen and oxygen atoms in total. The van der Waals surface area contributed by atoms with Gasteiger partial charge in [0.25, 0.3) is 5.91 Å². The van der Waals surface area contributed by atoms with Gasteiger partial charge in [0, 0.05) is 36.3 Å². The van der Waals surface area contributed by atoms with Gasteiger partial charge in [-0.1, -0.05) is 64.7 Å². The molecule has 1 aliphatic rings. The summed E-state index contributed by atoms with van der Waals surface area (Å²) in [6.07, 6.45) is 2.30. The van der Waals surface area contributed by atoms with Crippen LogP contribution in [0.25, 0.3) is 10.9 Å². The summed E-state index contributed by atoms with van der Waals surface area (Å²) >= 11 is 12.4. The van der Waals surface area contributed by atoms with Gasteiger partial charge in [0.15, 0.2) is 0 Å². The zero-order valence-corrected chi connectivity index (χ0v) is 23.0. The zero-order valence-electron chi connectivity index (χ0n) is 21.5. The first kappa shape index (κ1) is 26.6. The van der Waals surface area contributed by atoms with E-state index in [0.29, 0.717) is 40.7 Å². The smallest absolute Gasteiger partial charge is 0.254 e. The number of carbonyl (C=O) groups excluding carboxylic acids is 1. The Balaban J connectivity index is 1.40. The number of amides is 1. The van der Waals surface area contributed by atoms with Gasteiger partial charge in [-0.15, -0.1) is 0 Å². The van der Waals surface area contributed by atoms with Crippen molar-refractivity contribution in [3.8, 4) is 0 Å². The number of nitrogens with one attached hydrogen (secondary N) is 1. The number of fused-ring (bicyclic) bond motifs is 1. The molecule has 2 heterocycles. The maximum Gasteiger partial charge on any atom is 0.254 e. The Morgan fingerprint density at radius 1 is 1.05 bits per heavy atom. The van der Waals surface area contributed by atoms with Crippen molar-refractivity contribution in [1.82, 2.24) is 15.2 Å². The second-order valence-electron chi connectivity index (χ2n) is 10.2. The third-order valence-corrected chi connectivity index (χ3v) is 8.08. The van der Waals surface area contributed by atoms with Crippen LogP contribution in [-0.2, 0) is 6.54 Å². The van der Waals surface area contributed by atoms with E-state index in [4.69, 9.17) is 23.2 Å². The molecule has 3 aromatic carbocycles. The van der Waals surface area contributed by atoms with Crippen molar-refractivity contribution in [3.05, 3.63) is 111 Å². The molecule has 0 bridgehead atoms. The number of likely N-dealkylation sites (tertiary alicyclic amines) is 1. The van der Waals surface area contributed by atoms with Crippen molar-refractivity contribution in [1.29, 1.82) is 0 Å². The van der Waals surface area contributed by atoms with E-state index in [-0.39, 0.29) is 11.9 Å². The summed E-state index contributed by atoms with van der Waals surface area (Å²) in [6.45, 7) is 5.19. The summed E-state index contributed by atoms with van der Waals surface area (Å²) in [7, 11) is 0. The fourth-order valence-electron chi connectivity index (χ4n) is 5.48. The Labute approximate surface area is 233 Å². The first-order valence-corrected chi connectivity index (χ1v) is 13.6. The van der Waals surface area contributed by atoms with Crippen molar-refractivity contribution in [2.45, 2.75) is 51.4 Å². The molecular formula is C31H31Cl2N3O2. The number of aromatic nitrogens is 1. The summed E-state index contributed by atoms with van der Waals surface area (Å²) in [5, 5.41) is 17.2. The molecule has 38 heavy (non-hydrogen) atoms. The van der Waals surface area contributed by atoms with Crippen LogP contribution in [0.2, 0.25) is 10.0 Å². The van der Waals surface area contributed by atoms with Gasteiger partial charge in [-0.3, -0.25) is 9.78 Å². The van der Waals surface area contributed by atoms with E-state index in [2.05, 4.69) is 22.4 Å². The summed E-state index contributed by atoms with van der Waals surface area (Å²) in [5.74, 6) is -0.0699. The summed E-state index contributed by atoms with van der Waals surface area (Å²) < 4.78 is 0. The van der Waals surface area contributed by atoms with Crippen LogP contribution in [0.15, 0.2) is 72.9 Å². The third kappa shape index (κ3) is 5.71.